The third kappa shape index (κ3) is 2.95. The number of rotatable bonds is 3. The fraction of sp³-hybridized carbons (Fsp3) is 0.467. The minimum atomic E-state index is 0.157. The summed E-state index contributed by atoms with van der Waals surface area (Å²) in [6, 6.07) is 5.87. The van der Waals surface area contributed by atoms with Gasteiger partial charge in [0.05, 0.1) is 6.04 Å². The Kier molecular flexibility index (Phi) is 4.24. The average Bonchev–Trinajstić information content (AvgIpc) is 3.00. The molecule has 2 aromatic rings. The van der Waals surface area contributed by atoms with Gasteiger partial charge in [0.1, 0.15) is 0 Å². The Hall–Kier alpha value is -1.43. The topological polar surface area (TPSA) is 54.2 Å². The SMILES string of the molecule is Cc1c(Cl)cccc1-c1nc(C(C)N2CCNCC2)no1. The Balaban J connectivity index is 1.84. The van der Waals surface area contributed by atoms with Crippen molar-refractivity contribution in [3.8, 4) is 11.5 Å². The summed E-state index contributed by atoms with van der Waals surface area (Å²) in [7, 11) is 0. The van der Waals surface area contributed by atoms with E-state index in [1.165, 1.54) is 0 Å². The molecule has 1 aliphatic heterocycles. The fourth-order valence-corrected chi connectivity index (χ4v) is 2.76. The Bertz CT molecular complexity index is 622. The third-order valence-electron chi connectivity index (χ3n) is 4.01. The molecule has 6 heteroatoms. The monoisotopic (exact) mass is 306 g/mol. The number of halogens is 1. The molecule has 1 unspecified atom stereocenters. The van der Waals surface area contributed by atoms with Crippen LogP contribution in [0.1, 0.15) is 24.4 Å². The van der Waals surface area contributed by atoms with Crippen LogP contribution in [0.25, 0.3) is 11.5 Å². The lowest BCUT2D eigenvalue weighted by molar-refractivity contribution is 0.176. The van der Waals surface area contributed by atoms with E-state index in [0.29, 0.717) is 10.9 Å². The molecule has 2 heterocycles. The number of hydrogen-bond donors (Lipinski definition) is 1. The second kappa shape index (κ2) is 6.13. The molecule has 1 atom stereocenters. The Morgan fingerprint density at radius 3 is 2.86 bits per heavy atom. The molecule has 0 aliphatic carbocycles. The highest BCUT2D eigenvalue weighted by Gasteiger charge is 2.23. The molecule has 3 rings (SSSR count). The second-order valence-electron chi connectivity index (χ2n) is 5.33. The lowest BCUT2D eigenvalue weighted by Crippen LogP contribution is -2.44. The smallest absolute Gasteiger partial charge is 0.258 e. The van der Waals surface area contributed by atoms with Crippen LogP contribution in [-0.4, -0.2) is 41.2 Å². The largest absolute Gasteiger partial charge is 0.334 e. The van der Waals surface area contributed by atoms with Crippen LogP contribution in [0.4, 0.5) is 0 Å². The molecule has 1 fully saturated rings. The molecule has 1 N–H and O–H groups in total. The van der Waals surface area contributed by atoms with Crippen molar-refractivity contribution in [3.05, 3.63) is 34.6 Å². The summed E-state index contributed by atoms with van der Waals surface area (Å²) in [5.74, 6) is 1.26. The van der Waals surface area contributed by atoms with E-state index < -0.39 is 0 Å². The summed E-state index contributed by atoms with van der Waals surface area (Å²) in [5.41, 5.74) is 1.86. The fourth-order valence-electron chi connectivity index (χ4n) is 2.59. The molecule has 0 radical (unpaired) electrons. The van der Waals surface area contributed by atoms with Crippen molar-refractivity contribution in [2.75, 3.05) is 26.2 Å². The Morgan fingerprint density at radius 2 is 2.10 bits per heavy atom. The highest BCUT2D eigenvalue weighted by atomic mass is 35.5. The van der Waals surface area contributed by atoms with E-state index in [1.807, 2.05) is 25.1 Å². The van der Waals surface area contributed by atoms with Gasteiger partial charge in [0, 0.05) is 36.8 Å². The summed E-state index contributed by atoms with van der Waals surface area (Å²) in [4.78, 5) is 6.92. The summed E-state index contributed by atoms with van der Waals surface area (Å²) in [6.45, 7) is 8.08. The van der Waals surface area contributed by atoms with Gasteiger partial charge in [-0.3, -0.25) is 4.90 Å². The third-order valence-corrected chi connectivity index (χ3v) is 4.42. The van der Waals surface area contributed by atoms with E-state index >= 15 is 0 Å². The predicted molar refractivity (Wildman–Crippen MR) is 82.3 cm³/mol. The van der Waals surface area contributed by atoms with E-state index in [2.05, 4.69) is 27.3 Å². The lowest BCUT2D eigenvalue weighted by atomic mass is 10.1. The van der Waals surface area contributed by atoms with E-state index in [4.69, 9.17) is 16.1 Å². The standard InChI is InChI=1S/C15H19ClN4O/c1-10-12(4-3-5-13(10)16)15-18-14(19-21-15)11(2)20-8-6-17-7-9-20/h3-5,11,17H,6-9H2,1-2H3. The first-order valence-electron chi connectivity index (χ1n) is 7.20. The first kappa shape index (κ1) is 14.5. The summed E-state index contributed by atoms with van der Waals surface area (Å²) in [6.07, 6.45) is 0. The molecular formula is C15H19ClN4O. The summed E-state index contributed by atoms with van der Waals surface area (Å²) < 4.78 is 5.44. The zero-order valence-electron chi connectivity index (χ0n) is 12.3. The molecule has 1 aromatic carbocycles. The van der Waals surface area contributed by atoms with Crippen LogP contribution >= 0.6 is 11.6 Å². The molecule has 0 saturated carbocycles. The minimum absolute atomic E-state index is 0.157. The van der Waals surface area contributed by atoms with Gasteiger partial charge in [0.25, 0.3) is 5.89 Å². The maximum absolute atomic E-state index is 6.15. The molecule has 1 aliphatic rings. The van der Waals surface area contributed by atoms with Crippen LogP contribution < -0.4 is 5.32 Å². The molecule has 5 nitrogen and oxygen atoms in total. The van der Waals surface area contributed by atoms with Crippen molar-refractivity contribution >= 4 is 11.6 Å². The quantitative estimate of drug-likeness (QED) is 0.945. The van der Waals surface area contributed by atoms with Crippen molar-refractivity contribution in [2.45, 2.75) is 19.9 Å². The molecule has 0 spiro atoms. The molecule has 1 aromatic heterocycles. The number of nitrogens with zero attached hydrogens (tertiary/aromatic N) is 3. The number of benzene rings is 1. The number of piperazine rings is 1. The normalized spacial score (nSPS) is 17.9. The highest BCUT2D eigenvalue weighted by molar-refractivity contribution is 6.31. The van der Waals surface area contributed by atoms with Gasteiger partial charge in [-0.15, -0.1) is 0 Å². The lowest BCUT2D eigenvalue weighted by Gasteiger charge is -2.30. The van der Waals surface area contributed by atoms with Crippen molar-refractivity contribution < 1.29 is 4.52 Å². The first-order chi connectivity index (χ1) is 10.2. The average molecular weight is 307 g/mol. The summed E-state index contributed by atoms with van der Waals surface area (Å²) in [5, 5.41) is 8.20. The minimum Gasteiger partial charge on any atom is -0.334 e. The van der Waals surface area contributed by atoms with Gasteiger partial charge >= 0.3 is 0 Å². The van der Waals surface area contributed by atoms with Gasteiger partial charge in [-0.05, 0) is 31.5 Å². The van der Waals surface area contributed by atoms with E-state index in [0.717, 1.165) is 43.1 Å². The van der Waals surface area contributed by atoms with Gasteiger partial charge in [0.2, 0.25) is 0 Å². The predicted octanol–water partition coefficient (Wildman–Crippen LogP) is 2.66. The zero-order valence-corrected chi connectivity index (χ0v) is 13.0. The van der Waals surface area contributed by atoms with E-state index in [9.17, 15) is 0 Å². The molecule has 21 heavy (non-hydrogen) atoms. The van der Waals surface area contributed by atoms with Gasteiger partial charge in [-0.25, -0.2) is 0 Å². The number of hydrogen-bond acceptors (Lipinski definition) is 5. The molecule has 112 valence electrons. The summed E-state index contributed by atoms with van der Waals surface area (Å²) >= 11 is 6.15. The van der Waals surface area contributed by atoms with E-state index in [-0.39, 0.29) is 6.04 Å². The zero-order chi connectivity index (χ0) is 14.8. The second-order valence-corrected chi connectivity index (χ2v) is 5.74. The maximum Gasteiger partial charge on any atom is 0.258 e. The Morgan fingerprint density at radius 1 is 1.33 bits per heavy atom. The Labute approximate surface area is 129 Å². The van der Waals surface area contributed by atoms with Crippen LogP contribution in [0.15, 0.2) is 22.7 Å². The molecule has 1 saturated heterocycles. The van der Waals surface area contributed by atoms with Crippen LogP contribution in [-0.2, 0) is 0 Å². The molecule has 0 bridgehead atoms. The van der Waals surface area contributed by atoms with Gasteiger partial charge in [-0.1, -0.05) is 22.8 Å². The molecular weight excluding hydrogens is 288 g/mol. The van der Waals surface area contributed by atoms with Crippen molar-refractivity contribution in [1.29, 1.82) is 0 Å². The maximum atomic E-state index is 6.15. The first-order valence-corrected chi connectivity index (χ1v) is 7.58. The van der Waals surface area contributed by atoms with Gasteiger partial charge < -0.3 is 9.84 Å². The van der Waals surface area contributed by atoms with Gasteiger partial charge in [0.15, 0.2) is 5.82 Å². The van der Waals surface area contributed by atoms with E-state index in [1.54, 1.807) is 0 Å². The van der Waals surface area contributed by atoms with Crippen LogP contribution in [0.3, 0.4) is 0 Å². The van der Waals surface area contributed by atoms with Crippen molar-refractivity contribution in [3.63, 3.8) is 0 Å². The van der Waals surface area contributed by atoms with Crippen LogP contribution in [0, 0.1) is 6.92 Å². The molecule has 0 amide bonds. The van der Waals surface area contributed by atoms with Gasteiger partial charge in [-0.2, -0.15) is 4.98 Å². The van der Waals surface area contributed by atoms with Crippen LogP contribution in [0.2, 0.25) is 5.02 Å². The highest BCUT2D eigenvalue weighted by Crippen LogP contribution is 2.28. The van der Waals surface area contributed by atoms with Crippen molar-refractivity contribution in [2.24, 2.45) is 0 Å². The number of aromatic nitrogens is 2. The van der Waals surface area contributed by atoms with Crippen molar-refractivity contribution in [1.82, 2.24) is 20.4 Å². The van der Waals surface area contributed by atoms with Crippen LogP contribution in [0.5, 0.6) is 0 Å². The number of nitrogens with one attached hydrogen (secondary N) is 1.